The molecule has 30 heavy (non-hydrogen) atoms. The number of hydrogen-bond acceptors (Lipinski definition) is 6. The monoisotopic (exact) mass is 418 g/mol. The maximum atomic E-state index is 12.8. The molecule has 3 heterocycles. The molecule has 152 valence electrons. The van der Waals surface area contributed by atoms with Gasteiger partial charge in [-0.3, -0.25) is 9.78 Å². The average Bonchev–Trinajstić information content (AvgIpc) is 3.36. The summed E-state index contributed by atoms with van der Waals surface area (Å²) in [6.07, 6.45) is 4.27. The Morgan fingerprint density at radius 3 is 2.60 bits per heavy atom. The van der Waals surface area contributed by atoms with Crippen LogP contribution in [0, 0.1) is 13.8 Å². The van der Waals surface area contributed by atoms with Crippen LogP contribution in [-0.4, -0.2) is 31.3 Å². The summed E-state index contributed by atoms with van der Waals surface area (Å²) in [5.74, 6) is 0.732. The van der Waals surface area contributed by atoms with Crippen molar-refractivity contribution in [2.75, 3.05) is 5.75 Å². The molecule has 3 aromatic heterocycles. The number of Topliss-reactive ketones (excluding diaryl/α,β-unsaturated/α-hetero) is 1. The van der Waals surface area contributed by atoms with Crippen LogP contribution in [0.15, 0.2) is 70.6 Å². The molecule has 0 radical (unpaired) electrons. The predicted octanol–water partition coefficient (Wildman–Crippen LogP) is 4.77. The standard InChI is InChI=1S/C23H22N4O2S/c1-16-14-20(17(2)27(16)13-10-18-6-4-3-5-7-18)21(28)15-30-23-26-25-22(29-23)19-8-11-24-12-9-19/h3-9,11-12,14H,10,13,15H2,1-2H3. The van der Waals surface area contributed by atoms with Crippen molar-refractivity contribution in [3.05, 3.63) is 83.4 Å². The maximum Gasteiger partial charge on any atom is 0.277 e. The fraction of sp³-hybridized carbons (Fsp3) is 0.217. The number of aryl methyl sites for hydroxylation is 2. The number of nitrogens with zero attached hydrogens (tertiary/aromatic N) is 4. The van der Waals surface area contributed by atoms with Gasteiger partial charge in [0.25, 0.3) is 5.22 Å². The van der Waals surface area contributed by atoms with Gasteiger partial charge in [0.1, 0.15) is 0 Å². The molecule has 0 saturated carbocycles. The minimum absolute atomic E-state index is 0.0581. The lowest BCUT2D eigenvalue weighted by molar-refractivity contribution is 0.102. The summed E-state index contributed by atoms with van der Waals surface area (Å²) in [5, 5.41) is 8.46. The SMILES string of the molecule is Cc1cc(C(=O)CSc2nnc(-c3ccncc3)o2)c(C)n1CCc1ccccc1. The number of aromatic nitrogens is 4. The number of carbonyl (C=O) groups excluding carboxylic acids is 1. The van der Waals surface area contributed by atoms with Crippen molar-refractivity contribution in [2.45, 2.75) is 32.0 Å². The van der Waals surface area contributed by atoms with Crippen LogP contribution in [-0.2, 0) is 13.0 Å². The van der Waals surface area contributed by atoms with Crippen LogP contribution in [0.2, 0.25) is 0 Å². The van der Waals surface area contributed by atoms with Gasteiger partial charge in [-0.05, 0) is 44.0 Å². The second-order valence-electron chi connectivity index (χ2n) is 6.99. The molecular formula is C23H22N4O2S. The fourth-order valence-electron chi connectivity index (χ4n) is 3.40. The van der Waals surface area contributed by atoms with E-state index in [0.29, 0.717) is 11.1 Å². The molecule has 6 nitrogen and oxygen atoms in total. The highest BCUT2D eigenvalue weighted by Crippen LogP contribution is 2.24. The normalized spacial score (nSPS) is 11.0. The molecule has 0 aliphatic heterocycles. The van der Waals surface area contributed by atoms with Crippen LogP contribution in [0.25, 0.3) is 11.5 Å². The lowest BCUT2D eigenvalue weighted by Gasteiger charge is -2.10. The van der Waals surface area contributed by atoms with Gasteiger partial charge < -0.3 is 8.98 Å². The molecule has 0 N–H and O–H groups in total. The Kier molecular flexibility index (Phi) is 6.09. The average molecular weight is 419 g/mol. The number of rotatable bonds is 8. The van der Waals surface area contributed by atoms with Crippen LogP contribution >= 0.6 is 11.8 Å². The van der Waals surface area contributed by atoms with Crippen LogP contribution in [0.3, 0.4) is 0 Å². The summed E-state index contributed by atoms with van der Waals surface area (Å²) in [7, 11) is 0. The lowest BCUT2D eigenvalue weighted by Crippen LogP contribution is -2.08. The molecule has 0 amide bonds. The van der Waals surface area contributed by atoms with E-state index in [4.69, 9.17) is 4.42 Å². The van der Waals surface area contributed by atoms with E-state index >= 15 is 0 Å². The van der Waals surface area contributed by atoms with Crippen molar-refractivity contribution in [2.24, 2.45) is 0 Å². The summed E-state index contributed by atoms with van der Waals surface area (Å²) in [6, 6.07) is 16.0. The number of hydrogen-bond donors (Lipinski definition) is 0. The number of ketones is 1. The molecule has 0 bridgehead atoms. The van der Waals surface area contributed by atoms with Gasteiger partial charge in [0.05, 0.1) is 5.75 Å². The Labute approximate surface area is 179 Å². The van der Waals surface area contributed by atoms with E-state index in [-0.39, 0.29) is 11.5 Å². The van der Waals surface area contributed by atoms with E-state index in [1.54, 1.807) is 24.5 Å². The van der Waals surface area contributed by atoms with Crippen molar-refractivity contribution < 1.29 is 9.21 Å². The molecule has 0 saturated heterocycles. The van der Waals surface area contributed by atoms with Crippen LogP contribution in [0.5, 0.6) is 0 Å². The minimum Gasteiger partial charge on any atom is -0.411 e. The smallest absolute Gasteiger partial charge is 0.277 e. The molecule has 4 aromatic rings. The summed E-state index contributed by atoms with van der Waals surface area (Å²) in [6.45, 7) is 4.89. The van der Waals surface area contributed by atoms with Gasteiger partial charge in [0, 0.05) is 41.5 Å². The molecule has 1 aromatic carbocycles. The molecule has 7 heteroatoms. The summed E-state index contributed by atoms with van der Waals surface area (Å²) in [5.41, 5.74) is 4.93. The van der Waals surface area contributed by atoms with Gasteiger partial charge in [-0.2, -0.15) is 0 Å². The first kappa shape index (κ1) is 20.1. The van der Waals surface area contributed by atoms with Crippen LogP contribution < -0.4 is 0 Å². The Morgan fingerprint density at radius 2 is 1.83 bits per heavy atom. The van der Waals surface area contributed by atoms with Crippen molar-refractivity contribution >= 4 is 17.5 Å². The van der Waals surface area contributed by atoms with Gasteiger partial charge in [-0.25, -0.2) is 0 Å². The quantitative estimate of drug-likeness (QED) is 0.303. The maximum absolute atomic E-state index is 12.8. The van der Waals surface area contributed by atoms with E-state index in [1.807, 2.05) is 26.0 Å². The number of thioether (sulfide) groups is 1. The second-order valence-corrected chi connectivity index (χ2v) is 7.92. The number of pyridine rings is 1. The summed E-state index contributed by atoms with van der Waals surface area (Å²) in [4.78, 5) is 16.8. The molecule has 0 aliphatic carbocycles. The first-order valence-electron chi connectivity index (χ1n) is 9.72. The Morgan fingerprint density at radius 1 is 1.07 bits per heavy atom. The second kappa shape index (κ2) is 9.09. The minimum atomic E-state index is 0.0581. The molecule has 0 spiro atoms. The van der Waals surface area contributed by atoms with Crippen molar-refractivity contribution in [1.29, 1.82) is 0 Å². The third-order valence-electron chi connectivity index (χ3n) is 5.00. The number of benzene rings is 1. The summed E-state index contributed by atoms with van der Waals surface area (Å²) >= 11 is 1.26. The molecule has 0 unspecified atom stereocenters. The lowest BCUT2D eigenvalue weighted by atomic mass is 10.1. The molecule has 4 rings (SSSR count). The van der Waals surface area contributed by atoms with E-state index < -0.39 is 0 Å². The summed E-state index contributed by atoms with van der Waals surface area (Å²) < 4.78 is 7.87. The van der Waals surface area contributed by atoms with E-state index in [2.05, 4.69) is 44.0 Å². The number of carbonyl (C=O) groups is 1. The molecule has 0 aliphatic rings. The van der Waals surface area contributed by atoms with Gasteiger partial charge >= 0.3 is 0 Å². The molecular weight excluding hydrogens is 396 g/mol. The van der Waals surface area contributed by atoms with E-state index in [9.17, 15) is 4.79 Å². The first-order valence-corrected chi connectivity index (χ1v) is 10.7. The zero-order chi connectivity index (χ0) is 20.9. The first-order chi connectivity index (χ1) is 14.6. The zero-order valence-corrected chi connectivity index (χ0v) is 17.7. The Bertz CT molecular complexity index is 1140. The van der Waals surface area contributed by atoms with Crippen LogP contribution in [0.1, 0.15) is 27.3 Å². The van der Waals surface area contributed by atoms with Gasteiger partial charge in [-0.15, -0.1) is 10.2 Å². The zero-order valence-electron chi connectivity index (χ0n) is 16.9. The van der Waals surface area contributed by atoms with Crippen molar-refractivity contribution in [3.63, 3.8) is 0 Å². The van der Waals surface area contributed by atoms with Crippen molar-refractivity contribution in [1.82, 2.24) is 19.7 Å². The van der Waals surface area contributed by atoms with Gasteiger partial charge in [0.15, 0.2) is 5.78 Å². The predicted molar refractivity (Wildman–Crippen MR) is 117 cm³/mol. The largest absolute Gasteiger partial charge is 0.411 e. The highest BCUT2D eigenvalue weighted by atomic mass is 32.2. The Balaban J connectivity index is 1.40. The molecule has 0 fully saturated rings. The third-order valence-corrected chi connectivity index (χ3v) is 5.82. The topological polar surface area (TPSA) is 73.8 Å². The molecule has 0 atom stereocenters. The van der Waals surface area contributed by atoms with E-state index in [1.165, 1.54) is 17.3 Å². The highest BCUT2D eigenvalue weighted by molar-refractivity contribution is 7.99. The Hall–Kier alpha value is -3.19. The van der Waals surface area contributed by atoms with Gasteiger partial charge in [-0.1, -0.05) is 42.1 Å². The third kappa shape index (κ3) is 4.52. The van der Waals surface area contributed by atoms with E-state index in [0.717, 1.165) is 35.5 Å². The highest BCUT2D eigenvalue weighted by Gasteiger charge is 2.17. The fourth-order valence-corrected chi connectivity index (χ4v) is 4.04. The van der Waals surface area contributed by atoms with Crippen molar-refractivity contribution in [3.8, 4) is 11.5 Å². The van der Waals surface area contributed by atoms with Gasteiger partial charge in [0.2, 0.25) is 5.89 Å². The van der Waals surface area contributed by atoms with Crippen LogP contribution in [0.4, 0.5) is 0 Å².